The Kier molecular flexibility index (Phi) is 2.13. The van der Waals surface area contributed by atoms with Crippen LogP contribution in [0.5, 0.6) is 0 Å². The summed E-state index contributed by atoms with van der Waals surface area (Å²) in [5.41, 5.74) is 0.369. The van der Waals surface area contributed by atoms with E-state index in [4.69, 9.17) is 0 Å². The molecule has 0 bridgehead atoms. The molecule has 13 heavy (non-hydrogen) atoms. The number of carbonyl (C=O) groups excluding carboxylic acids is 1. The zero-order valence-electron chi connectivity index (χ0n) is 8.55. The second-order valence-electron chi connectivity index (χ2n) is 5.13. The zero-order valence-corrected chi connectivity index (χ0v) is 8.55. The second kappa shape index (κ2) is 3.04. The Balaban J connectivity index is 1.85. The molecule has 2 heterocycles. The third kappa shape index (κ3) is 1.74. The highest BCUT2D eigenvalue weighted by molar-refractivity contribution is 6.45. The summed E-state index contributed by atoms with van der Waals surface area (Å²) in [6.45, 7) is 6.34. The van der Waals surface area contributed by atoms with Gasteiger partial charge < -0.3 is 4.90 Å². The zero-order chi connectivity index (χ0) is 9.47. The molecule has 2 rings (SSSR count). The molecule has 0 saturated carbocycles. The van der Waals surface area contributed by atoms with E-state index in [2.05, 4.69) is 21.1 Å². The Morgan fingerprint density at radius 2 is 2.15 bits per heavy atom. The first kappa shape index (κ1) is 9.10. The molecule has 0 aromatic heterocycles. The highest BCUT2D eigenvalue weighted by atomic mass is 16.2. The van der Waals surface area contributed by atoms with Crippen molar-refractivity contribution >= 4 is 13.2 Å². The molecule has 71 valence electrons. The van der Waals surface area contributed by atoms with Gasteiger partial charge in [0.05, 0.1) is 0 Å². The Morgan fingerprint density at radius 3 is 2.62 bits per heavy atom. The first-order chi connectivity index (χ1) is 6.08. The molecule has 2 nitrogen and oxygen atoms in total. The van der Waals surface area contributed by atoms with Crippen LogP contribution in [0.1, 0.15) is 26.7 Å². The van der Waals surface area contributed by atoms with Crippen molar-refractivity contribution in [3.63, 3.8) is 0 Å². The normalized spacial score (nSPS) is 30.9. The largest absolute Gasteiger partial charge is 0.342 e. The standard InChI is InChI=1S/C10H17BNO/c1-10(2)6-12(7-10)9(13)8-4-3-5-11-8/h8H,3-7H2,1-2H3. The van der Waals surface area contributed by atoms with Gasteiger partial charge in [0.1, 0.15) is 7.28 Å². The van der Waals surface area contributed by atoms with Crippen molar-refractivity contribution in [3.8, 4) is 0 Å². The summed E-state index contributed by atoms with van der Waals surface area (Å²) in [5, 5.41) is 0. The quantitative estimate of drug-likeness (QED) is 0.558. The predicted molar refractivity (Wildman–Crippen MR) is 53.9 cm³/mol. The van der Waals surface area contributed by atoms with Crippen LogP contribution in [0.4, 0.5) is 0 Å². The van der Waals surface area contributed by atoms with Crippen molar-refractivity contribution in [2.75, 3.05) is 13.1 Å². The fraction of sp³-hybridized carbons (Fsp3) is 0.900. The van der Waals surface area contributed by atoms with E-state index < -0.39 is 0 Å². The lowest BCUT2D eigenvalue weighted by Crippen LogP contribution is -2.56. The fourth-order valence-corrected chi connectivity index (χ4v) is 2.38. The minimum atomic E-state index is 0.246. The van der Waals surface area contributed by atoms with Crippen LogP contribution in [0.2, 0.25) is 12.1 Å². The molecule has 2 aliphatic heterocycles. The van der Waals surface area contributed by atoms with E-state index in [0.717, 1.165) is 25.8 Å². The van der Waals surface area contributed by atoms with Gasteiger partial charge >= 0.3 is 0 Å². The van der Waals surface area contributed by atoms with Gasteiger partial charge in [-0.1, -0.05) is 26.6 Å². The topological polar surface area (TPSA) is 20.3 Å². The number of nitrogens with zero attached hydrogens (tertiary/aromatic N) is 1. The molecular formula is C10H17BNO. The van der Waals surface area contributed by atoms with E-state index in [9.17, 15) is 4.79 Å². The summed E-state index contributed by atoms with van der Waals surface area (Å²) in [7, 11) is 2.19. The van der Waals surface area contributed by atoms with Crippen LogP contribution < -0.4 is 0 Å². The van der Waals surface area contributed by atoms with Crippen molar-refractivity contribution in [1.82, 2.24) is 4.90 Å². The Hall–Kier alpha value is -0.465. The second-order valence-corrected chi connectivity index (χ2v) is 5.13. The number of hydrogen-bond acceptors (Lipinski definition) is 1. The van der Waals surface area contributed by atoms with Crippen LogP contribution in [-0.4, -0.2) is 31.2 Å². The summed E-state index contributed by atoms with van der Waals surface area (Å²) in [4.78, 5) is 13.8. The summed E-state index contributed by atoms with van der Waals surface area (Å²) in [5.74, 6) is 0.618. The molecule has 1 amide bonds. The molecule has 0 spiro atoms. The van der Waals surface area contributed by atoms with Gasteiger partial charge in [0, 0.05) is 18.9 Å². The van der Waals surface area contributed by atoms with Crippen LogP contribution in [0.25, 0.3) is 0 Å². The number of amides is 1. The average molecular weight is 178 g/mol. The van der Waals surface area contributed by atoms with Crippen LogP contribution >= 0.6 is 0 Å². The average Bonchev–Trinajstić information content (AvgIpc) is 2.50. The maximum Gasteiger partial charge on any atom is 0.217 e. The molecule has 2 fully saturated rings. The summed E-state index contributed by atoms with van der Waals surface area (Å²) >= 11 is 0. The van der Waals surface area contributed by atoms with Crippen LogP contribution in [-0.2, 0) is 4.79 Å². The lowest BCUT2D eigenvalue weighted by molar-refractivity contribution is -0.141. The molecule has 0 aromatic carbocycles. The maximum atomic E-state index is 11.8. The van der Waals surface area contributed by atoms with E-state index in [-0.39, 0.29) is 5.82 Å². The fourth-order valence-electron chi connectivity index (χ4n) is 2.38. The molecule has 1 atom stereocenters. The molecule has 1 unspecified atom stereocenters. The van der Waals surface area contributed by atoms with E-state index in [1.807, 2.05) is 4.90 Å². The third-order valence-corrected chi connectivity index (χ3v) is 3.04. The minimum Gasteiger partial charge on any atom is -0.342 e. The van der Waals surface area contributed by atoms with Crippen LogP contribution in [0.3, 0.4) is 0 Å². The van der Waals surface area contributed by atoms with E-state index in [1.165, 1.54) is 6.42 Å². The summed E-state index contributed by atoms with van der Waals surface area (Å²) in [6.07, 6.45) is 3.41. The SMILES string of the molecule is CC1(C)CN(C(=O)C2[B]CCC2)C1. The van der Waals surface area contributed by atoms with Gasteiger partial charge in [0.15, 0.2) is 0 Å². The van der Waals surface area contributed by atoms with Crippen molar-refractivity contribution in [1.29, 1.82) is 0 Å². The number of likely N-dealkylation sites (tertiary alicyclic amines) is 1. The summed E-state index contributed by atoms with van der Waals surface area (Å²) < 4.78 is 0. The highest BCUT2D eigenvalue weighted by Gasteiger charge is 2.39. The minimum absolute atomic E-state index is 0.246. The van der Waals surface area contributed by atoms with Gasteiger partial charge in [-0.3, -0.25) is 4.79 Å². The van der Waals surface area contributed by atoms with E-state index >= 15 is 0 Å². The number of hydrogen-bond donors (Lipinski definition) is 0. The smallest absolute Gasteiger partial charge is 0.217 e. The van der Waals surface area contributed by atoms with E-state index in [1.54, 1.807) is 0 Å². The molecule has 0 aliphatic carbocycles. The lowest BCUT2D eigenvalue weighted by atomic mass is 9.66. The van der Waals surface area contributed by atoms with Crippen molar-refractivity contribution in [2.24, 2.45) is 5.41 Å². The monoisotopic (exact) mass is 178 g/mol. The molecule has 1 radical (unpaired) electrons. The van der Waals surface area contributed by atoms with Gasteiger partial charge in [0.2, 0.25) is 5.91 Å². The Bertz CT molecular complexity index is 213. The molecule has 2 aliphatic rings. The highest BCUT2D eigenvalue weighted by Crippen LogP contribution is 2.34. The van der Waals surface area contributed by atoms with Crippen molar-refractivity contribution < 1.29 is 4.79 Å². The van der Waals surface area contributed by atoms with Gasteiger partial charge in [-0.15, -0.1) is 0 Å². The molecule has 0 aromatic rings. The van der Waals surface area contributed by atoms with Gasteiger partial charge in [0.25, 0.3) is 0 Å². The molecular weight excluding hydrogens is 161 g/mol. The Morgan fingerprint density at radius 1 is 1.46 bits per heavy atom. The molecule has 2 saturated heterocycles. The van der Waals surface area contributed by atoms with Gasteiger partial charge in [-0.2, -0.15) is 0 Å². The van der Waals surface area contributed by atoms with Crippen molar-refractivity contribution in [2.45, 2.75) is 38.8 Å². The Labute approximate surface area is 80.9 Å². The van der Waals surface area contributed by atoms with Crippen LogP contribution in [0, 0.1) is 5.41 Å². The lowest BCUT2D eigenvalue weighted by Gasteiger charge is -2.46. The number of carbonyl (C=O) groups is 1. The molecule has 3 heteroatoms. The molecule has 0 N–H and O–H groups in total. The van der Waals surface area contributed by atoms with Crippen LogP contribution in [0.15, 0.2) is 0 Å². The maximum absolute atomic E-state index is 11.8. The first-order valence-electron chi connectivity index (χ1n) is 5.21. The number of rotatable bonds is 1. The predicted octanol–water partition coefficient (Wildman–Crippen LogP) is 1.56. The summed E-state index contributed by atoms with van der Waals surface area (Å²) in [6, 6.07) is 0. The first-order valence-corrected chi connectivity index (χ1v) is 5.21. The van der Waals surface area contributed by atoms with Gasteiger partial charge in [-0.25, -0.2) is 0 Å². The third-order valence-electron chi connectivity index (χ3n) is 3.04. The van der Waals surface area contributed by atoms with Crippen molar-refractivity contribution in [3.05, 3.63) is 0 Å². The van der Waals surface area contributed by atoms with E-state index in [0.29, 0.717) is 11.3 Å². The van der Waals surface area contributed by atoms with Gasteiger partial charge in [-0.05, 0) is 11.8 Å².